The number of halogens is 1. The lowest BCUT2D eigenvalue weighted by Gasteiger charge is -2.24. The predicted molar refractivity (Wildman–Crippen MR) is 78.0 cm³/mol. The molecule has 17 heavy (non-hydrogen) atoms. The van der Waals surface area contributed by atoms with E-state index in [1.54, 1.807) is 0 Å². The minimum Gasteiger partial charge on any atom is -0.389 e. The van der Waals surface area contributed by atoms with Crippen LogP contribution in [0.25, 0.3) is 0 Å². The highest BCUT2D eigenvalue weighted by atomic mass is 35.5. The Kier molecular flexibility index (Phi) is 4.24. The summed E-state index contributed by atoms with van der Waals surface area (Å²) in [6, 6.07) is 5.85. The molecular formula is C13H17ClN2S. The van der Waals surface area contributed by atoms with Crippen LogP contribution in [0.1, 0.15) is 31.2 Å². The molecule has 0 radical (unpaired) electrons. The number of nitrogens with two attached hydrogens (primary N) is 1. The van der Waals surface area contributed by atoms with E-state index in [0.29, 0.717) is 4.99 Å². The van der Waals surface area contributed by atoms with Crippen molar-refractivity contribution in [1.82, 2.24) is 0 Å². The van der Waals surface area contributed by atoms with Gasteiger partial charge in [-0.1, -0.05) is 36.7 Å². The molecule has 0 aromatic heterocycles. The molecule has 1 aliphatic rings. The molecule has 2 N–H and O–H groups in total. The second-order valence-corrected chi connectivity index (χ2v) is 5.28. The van der Waals surface area contributed by atoms with E-state index in [-0.39, 0.29) is 0 Å². The first kappa shape index (κ1) is 12.7. The van der Waals surface area contributed by atoms with Crippen molar-refractivity contribution in [2.24, 2.45) is 5.73 Å². The van der Waals surface area contributed by atoms with E-state index in [1.807, 2.05) is 18.2 Å². The molecule has 0 bridgehead atoms. The van der Waals surface area contributed by atoms with E-state index in [9.17, 15) is 0 Å². The predicted octanol–water partition coefficient (Wildman–Crippen LogP) is 3.35. The average Bonchev–Trinajstić information content (AvgIpc) is 2.57. The maximum absolute atomic E-state index is 6.30. The summed E-state index contributed by atoms with van der Waals surface area (Å²) in [5.74, 6) is 0. The molecule has 1 fully saturated rings. The molecule has 1 aromatic carbocycles. The van der Waals surface area contributed by atoms with Gasteiger partial charge < -0.3 is 10.6 Å². The lowest BCUT2D eigenvalue weighted by atomic mass is 10.2. The van der Waals surface area contributed by atoms with Gasteiger partial charge in [0.05, 0.1) is 10.7 Å². The Morgan fingerprint density at radius 3 is 2.35 bits per heavy atom. The minimum absolute atomic E-state index is 0.398. The van der Waals surface area contributed by atoms with Crippen molar-refractivity contribution >= 4 is 34.5 Å². The Morgan fingerprint density at radius 1 is 1.18 bits per heavy atom. The van der Waals surface area contributed by atoms with Crippen molar-refractivity contribution in [3.8, 4) is 0 Å². The molecule has 0 unspecified atom stereocenters. The summed E-state index contributed by atoms with van der Waals surface area (Å²) in [7, 11) is 0. The fourth-order valence-corrected chi connectivity index (χ4v) is 2.66. The van der Waals surface area contributed by atoms with E-state index in [1.165, 1.54) is 25.7 Å². The molecule has 1 heterocycles. The van der Waals surface area contributed by atoms with E-state index < -0.39 is 0 Å². The van der Waals surface area contributed by atoms with Gasteiger partial charge in [0, 0.05) is 18.7 Å². The summed E-state index contributed by atoms with van der Waals surface area (Å²) in [4.78, 5) is 2.76. The molecule has 0 aliphatic carbocycles. The molecule has 0 amide bonds. The van der Waals surface area contributed by atoms with E-state index in [2.05, 4.69) is 4.90 Å². The van der Waals surface area contributed by atoms with E-state index in [0.717, 1.165) is 29.4 Å². The topological polar surface area (TPSA) is 29.3 Å². The zero-order chi connectivity index (χ0) is 12.3. The molecular weight excluding hydrogens is 252 g/mol. The first-order valence-electron chi connectivity index (χ1n) is 6.03. The second kappa shape index (κ2) is 5.69. The van der Waals surface area contributed by atoms with Crippen LogP contribution in [0, 0.1) is 0 Å². The normalized spacial score (nSPS) is 16.6. The molecule has 0 saturated carbocycles. The summed E-state index contributed by atoms with van der Waals surface area (Å²) in [5, 5.41) is 0.747. The standard InChI is InChI=1S/C13H17ClN2S/c14-11-9-10(13(15)17)5-6-12(11)16-7-3-1-2-4-8-16/h5-6,9H,1-4,7-8H2,(H2,15,17). The van der Waals surface area contributed by atoms with Crippen LogP contribution < -0.4 is 10.6 Å². The zero-order valence-corrected chi connectivity index (χ0v) is 11.4. The molecule has 2 rings (SSSR count). The van der Waals surface area contributed by atoms with Gasteiger partial charge in [0.25, 0.3) is 0 Å². The fraction of sp³-hybridized carbons (Fsp3) is 0.462. The van der Waals surface area contributed by atoms with E-state index in [4.69, 9.17) is 29.6 Å². The largest absolute Gasteiger partial charge is 0.389 e. The van der Waals surface area contributed by atoms with Crippen molar-refractivity contribution in [3.63, 3.8) is 0 Å². The summed E-state index contributed by atoms with van der Waals surface area (Å²) < 4.78 is 0. The summed E-state index contributed by atoms with van der Waals surface area (Å²) in [5.41, 5.74) is 7.54. The van der Waals surface area contributed by atoms with Crippen LogP contribution in [-0.4, -0.2) is 18.1 Å². The third-order valence-corrected chi connectivity index (χ3v) is 3.72. The number of benzene rings is 1. The van der Waals surface area contributed by atoms with Crippen LogP contribution >= 0.6 is 23.8 Å². The third kappa shape index (κ3) is 3.11. The highest BCUT2D eigenvalue weighted by Gasteiger charge is 2.13. The minimum atomic E-state index is 0.398. The molecule has 0 spiro atoms. The van der Waals surface area contributed by atoms with Gasteiger partial charge in [0.15, 0.2) is 0 Å². The van der Waals surface area contributed by atoms with Crippen molar-refractivity contribution in [2.45, 2.75) is 25.7 Å². The van der Waals surface area contributed by atoms with Crippen molar-refractivity contribution in [2.75, 3.05) is 18.0 Å². The monoisotopic (exact) mass is 268 g/mol. The third-order valence-electron chi connectivity index (χ3n) is 3.18. The second-order valence-electron chi connectivity index (χ2n) is 4.43. The highest BCUT2D eigenvalue weighted by molar-refractivity contribution is 7.80. The first-order valence-corrected chi connectivity index (χ1v) is 6.81. The summed E-state index contributed by atoms with van der Waals surface area (Å²) in [6.45, 7) is 2.18. The Labute approximate surface area is 113 Å². The quantitative estimate of drug-likeness (QED) is 0.834. The summed E-state index contributed by atoms with van der Waals surface area (Å²) >= 11 is 11.3. The van der Waals surface area contributed by atoms with Gasteiger partial charge in [-0.2, -0.15) is 0 Å². The number of nitrogens with zero attached hydrogens (tertiary/aromatic N) is 1. The molecule has 4 heteroatoms. The van der Waals surface area contributed by atoms with Gasteiger partial charge in [-0.25, -0.2) is 0 Å². The maximum Gasteiger partial charge on any atom is 0.104 e. The smallest absolute Gasteiger partial charge is 0.104 e. The lowest BCUT2D eigenvalue weighted by molar-refractivity contribution is 0.726. The molecule has 1 saturated heterocycles. The first-order chi connectivity index (χ1) is 8.18. The van der Waals surface area contributed by atoms with E-state index >= 15 is 0 Å². The van der Waals surface area contributed by atoms with Gasteiger partial charge in [-0.3, -0.25) is 0 Å². The highest BCUT2D eigenvalue weighted by Crippen LogP contribution is 2.28. The van der Waals surface area contributed by atoms with Gasteiger partial charge in [-0.15, -0.1) is 0 Å². The molecule has 2 nitrogen and oxygen atoms in total. The van der Waals surface area contributed by atoms with Gasteiger partial charge in [0.1, 0.15) is 4.99 Å². The van der Waals surface area contributed by atoms with Crippen molar-refractivity contribution in [3.05, 3.63) is 28.8 Å². The Bertz CT molecular complexity index is 412. The van der Waals surface area contributed by atoms with Gasteiger partial charge in [-0.05, 0) is 31.0 Å². The molecule has 1 aromatic rings. The zero-order valence-electron chi connectivity index (χ0n) is 9.79. The lowest BCUT2D eigenvalue weighted by Crippen LogP contribution is -2.24. The number of thiocarbonyl (C=S) groups is 1. The Hall–Kier alpha value is -0.800. The van der Waals surface area contributed by atoms with Crippen molar-refractivity contribution < 1.29 is 0 Å². The van der Waals surface area contributed by atoms with Gasteiger partial charge in [0.2, 0.25) is 0 Å². The van der Waals surface area contributed by atoms with Crippen LogP contribution in [-0.2, 0) is 0 Å². The maximum atomic E-state index is 6.30. The van der Waals surface area contributed by atoms with Gasteiger partial charge >= 0.3 is 0 Å². The fourth-order valence-electron chi connectivity index (χ4n) is 2.23. The summed E-state index contributed by atoms with van der Waals surface area (Å²) in [6.07, 6.45) is 5.12. The van der Waals surface area contributed by atoms with Crippen molar-refractivity contribution in [1.29, 1.82) is 0 Å². The number of hydrogen-bond acceptors (Lipinski definition) is 2. The molecule has 1 aliphatic heterocycles. The van der Waals surface area contributed by atoms with Crippen LogP contribution in [0.15, 0.2) is 18.2 Å². The molecule has 92 valence electrons. The van der Waals surface area contributed by atoms with Crippen LogP contribution in [0.2, 0.25) is 5.02 Å². The van der Waals surface area contributed by atoms with Crippen LogP contribution in [0.3, 0.4) is 0 Å². The number of hydrogen-bond donors (Lipinski definition) is 1. The van der Waals surface area contributed by atoms with Crippen LogP contribution in [0.4, 0.5) is 5.69 Å². The molecule has 0 atom stereocenters. The number of rotatable bonds is 2. The van der Waals surface area contributed by atoms with Crippen LogP contribution in [0.5, 0.6) is 0 Å². The average molecular weight is 269 g/mol. The Morgan fingerprint density at radius 2 is 1.82 bits per heavy atom. The number of anilines is 1. The Balaban J connectivity index is 2.22. The SMILES string of the molecule is NC(=S)c1ccc(N2CCCCCC2)c(Cl)c1.